The highest BCUT2D eigenvalue weighted by atomic mass is 32.3. The van der Waals surface area contributed by atoms with Crippen molar-refractivity contribution in [2.24, 2.45) is 4.36 Å². The Balaban J connectivity index is 2.12. The summed E-state index contributed by atoms with van der Waals surface area (Å²) in [6.07, 6.45) is 1.98. The minimum absolute atomic E-state index is 0.752. The van der Waals surface area contributed by atoms with Crippen LogP contribution in [0, 0.1) is 0 Å². The second-order valence-electron chi connectivity index (χ2n) is 5.68. The van der Waals surface area contributed by atoms with E-state index in [1.807, 2.05) is 73.0 Å². The second kappa shape index (κ2) is 6.54. The van der Waals surface area contributed by atoms with Crippen molar-refractivity contribution in [2.45, 2.75) is 4.90 Å². The minimum atomic E-state index is -2.70. The Morgan fingerprint density at radius 2 is 1.40 bits per heavy atom. The monoisotopic (exact) mass is 363 g/mol. The molecule has 4 rings (SSSR count). The molecule has 2 nitrogen and oxygen atoms in total. The molecule has 3 aromatic carbocycles. The van der Waals surface area contributed by atoms with Gasteiger partial charge in [0.05, 0.1) is 14.8 Å². The average molecular weight is 364 g/mol. The van der Waals surface area contributed by atoms with Gasteiger partial charge in [0, 0.05) is 11.1 Å². The predicted molar refractivity (Wildman–Crippen MR) is 107 cm³/mol. The molecule has 1 heterocycles. The zero-order valence-electron chi connectivity index (χ0n) is 13.8. The molecule has 0 radical (unpaired) electrons. The fraction of sp³-hybridized carbons (Fsp3) is 0.0476. The third-order valence-corrected chi connectivity index (χ3v) is 7.99. The maximum absolute atomic E-state index is 14.1. The Morgan fingerprint density at radius 1 is 0.800 bits per heavy atom. The van der Waals surface area contributed by atoms with Crippen LogP contribution in [0.1, 0.15) is 11.1 Å². The topological polar surface area (TPSA) is 29.4 Å². The Morgan fingerprint density at radius 3 is 2.08 bits per heavy atom. The normalized spacial score (nSPS) is 19.2. The Labute approximate surface area is 152 Å². The van der Waals surface area contributed by atoms with E-state index in [2.05, 4.69) is 18.2 Å². The van der Waals surface area contributed by atoms with Gasteiger partial charge < -0.3 is 0 Å². The Hall–Kier alpha value is -2.30. The van der Waals surface area contributed by atoms with Crippen LogP contribution >= 0.6 is 11.8 Å². The SMILES string of the molecule is CSC1=C(c2ccccc2)c2ccccc2N=S1(=O)c1ccccc1. The van der Waals surface area contributed by atoms with Crippen LogP contribution in [0.15, 0.2) is 98.4 Å². The van der Waals surface area contributed by atoms with Gasteiger partial charge in [-0.2, -0.15) is 4.36 Å². The first-order chi connectivity index (χ1) is 12.2. The van der Waals surface area contributed by atoms with Gasteiger partial charge in [-0.1, -0.05) is 66.7 Å². The summed E-state index contributed by atoms with van der Waals surface area (Å²) in [5, 5.41) is 0. The molecule has 1 aliphatic heterocycles. The van der Waals surface area contributed by atoms with E-state index in [1.165, 1.54) is 11.8 Å². The van der Waals surface area contributed by atoms with Crippen molar-refractivity contribution in [2.75, 3.05) is 6.26 Å². The van der Waals surface area contributed by atoms with Crippen molar-refractivity contribution >= 4 is 32.8 Å². The van der Waals surface area contributed by atoms with Gasteiger partial charge in [-0.05, 0) is 30.0 Å². The molecule has 0 aliphatic carbocycles. The molecular weight excluding hydrogens is 346 g/mol. The van der Waals surface area contributed by atoms with Crippen molar-refractivity contribution < 1.29 is 4.21 Å². The number of hydrogen-bond acceptors (Lipinski definition) is 3. The smallest absolute Gasteiger partial charge is 0.115 e. The van der Waals surface area contributed by atoms with Crippen LogP contribution in [0.25, 0.3) is 5.57 Å². The predicted octanol–water partition coefficient (Wildman–Crippen LogP) is 5.94. The quantitative estimate of drug-likeness (QED) is 0.576. The molecule has 4 heteroatoms. The summed E-state index contributed by atoms with van der Waals surface area (Å²) >= 11 is 1.52. The van der Waals surface area contributed by atoms with Crippen LogP contribution in [0.4, 0.5) is 5.69 Å². The molecule has 0 amide bonds. The molecule has 1 atom stereocenters. The summed E-state index contributed by atoms with van der Waals surface area (Å²) in [7, 11) is -2.70. The summed E-state index contributed by atoms with van der Waals surface area (Å²) < 4.78 is 19.6. The van der Waals surface area contributed by atoms with E-state index < -0.39 is 9.73 Å². The van der Waals surface area contributed by atoms with Crippen LogP contribution in [-0.2, 0) is 9.73 Å². The highest BCUT2D eigenvalue weighted by Crippen LogP contribution is 2.46. The van der Waals surface area contributed by atoms with Crippen molar-refractivity contribution in [3.05, 3.63) is 100 Å². The molecule has 0 saturated carbocycles. The third-order valence-electron chi connectivity index (χ3n) is 4.17. The fourth-order valence-corrected chi connectivity index (χ4v) is 6.66. The standard InChI is InChI=1S/C21H17NOS2/c1-24-21-20(16-10-4-2-5-11-16)18-14-8-9-15-19(18)22-25(21,23)17-12-6-3-7-13-17/h2-15H,1H3. The lowest BCUT2D eigenvalue weighted by atomic mass is 9.98. The average Bonchev–Trinajstić information content (AvgIpc) is 2.68. The number of benzene rings is 3. The van der Waals surface area contributed by atoms with Gasteiger partial charge in [0.2, 0.25) is 0 Å². The lowest BCUT2D eigenvalue weighted by Gasteiger charge is -2.24. The number of rotatable bonds is 3. The molecule has 1 unspecified atom stereocenters. The molecule has 0 fully saturated rings. The summed E-state index contributed by atoms with van der Waals surface area (Å²) in [5.74, 6) is 0. The zero-order valence-corrected chi connectivity index (χ0v) is 15.4. The maximum Gasteiger partial charge on any atom is 0.115 e. The van der Waals surface area contributed by atoms with E-state index in [4.69, 9.17) is 4.36 Å². The highest BCUT2D eigenvalue weighted by Gasteiger charge is 2.29. The number of fused-ring (bicyclic) bond motifs is 1. The van der Waals surface area contributed by atoms with E-state index in [9.17, 15) is 4.21 Å². The molecule has 0 saturated heterocycles. The zero-order chi connectivity index (χ0) is 17.3. The summed E-state index contributed by atoms with van der Waals surface area (Å²) in [4.78, 5) is 0.752. The summed E-state index contributed by atoms with van der Waals surface area (Å²) in [5.41, 5.74) is 3.91. The van der Waals surface area contributed by atoms with Gasteiger partial charge in [-0.25, -0.2) is 4.21 Å². The van der Waals surface area contributed by atoms with Crippen molar-refractivity contribution in [1.82, 2.24) is 0 Å². The molecule has 0 N–H and O–H groups in total. The van der Waals surface area contributed by atoms with Gasteiger partial charge in [0.15, 0.2) is 0 Å². The van der Waals surface area contributed by atoms with Gasteiger partial charge >= 0.3 is 0 Å². The number of hydrogen-bond donors (Lipinski definition) is 0. The van der Waals surface area contributed by atoms with E-state index in [0.717, 1.165) is 31.5 Å². The molecular formula is C21H17NOS2. The van der Waals surface area contributed by atoms with Gasteiger partial charge in [0.1, 0.15) is 9.73 Å². The minimum Gasteiger partial charge on any atom is -0.239 e. The summed E-state index contributed by atoms with van der Waals surface area (Å²) in [6.45, 7) is 0. The number of nitrogens with zero attached hydrogens (tertiary/aromatic N) is 1. The molecule has 124 valence electrons. The van der Waals surface area contributed by atoms with Gasteiger partial charge in [-0.15, -0.1) is 11.8 Å². The van der Waals surface area contributed by atoms with Gasteiger partial charge in [0.25, 0.3) is 0 Å². The van der Waals surface area contributed by atoms with E-state index in [0.29, 0.717) is 0 Å². The lowest BCUT2D eigenvalue weighted by Crippen LogP contribution is -2.09. The lowest BCUT2D eigenvalue weighted by molar-refractivity contribution is 0.682. The van der Waals surface area contributed by atoms with Crippen LogP contribution in [0.3, 0.4) is 0 Å². The van der Waals surface area contributed by atoms with E-state index >= 15 is 0 Å². The Bertz CT molecular complexity index is 1060. The van der Waals surface area contributed by atoms with Crippen molar-refractivity contribution in [1.29, 1.82) is 0 Å². The van der Waals surface area contributed by atoms with Crippen molar-refractivity contribution in [3.8, 4) is 0 Å². The molecule has 3 aromatic rings. The Kier molecular flexibility index (Phi) is 4.24. The molecule has 0 spiro atoms. The number of thioether (sulfide) groups is 1. The first-order valence-corrected chi connectivity index (χ1v) is 10.7. The van der Waals surface area contributed by atoms with Crippen LogP contribution in [-0.4, -0.2) is 10.5 Å². The van der Waals surface area contributed by atoms with Gasteiger partial charge in [-0.3, -0.25) is 0 Å². The van der Waals surface area contributed by atoms with E-state index in [1.54, 1.807) is 0 Å². The fourth-order valence-electron chi connectivity index (χ4n) is 3.05. The second-order valence-corrected chi connectivity index (χ2v) is 8.87. The molecule has 25 heavy (non-hydrogen) atoms. The largest absolute Gasteiger partial charge is 0.239 e. The third kappa shape index (κ3) is 2.71. The first-order valence-electron chi connectivity index (χ1n) is 7.99. The molecule has 1 aliphatic rings. The molecule has 0 bridgehead atoms. The van der Waals surface area contributed by atoms with Crippen LogP contribution in [0.5, 0.6) is 0 Å². The highest BCUT2D eigenvalue weighted by molar-refractivity contribution is 8.19. The van der Waals surface area contributed by atoms with Crippen LogP contribution < -0.4 is 0 Å². The summed E-state index contributed by atoms with van der Waals surface area (Å²) in [6, 6.07) is 27.7. The molecule has 0 aromatic heterocycles. The van der Waals surface area contributed by atoms with E-state index in [-0.39, 0.29) is 0 Å². The van der Waals surface area contributed by atoms with Crippen molar-refractivity contribution in [3.63, 3.8) is 0 Å². The first kappa shape index (κ1) is 16.2. The van der Waals surface area contributed by atoms with Crippen LogP contribution in [0.2, 0.25) is 0 Å². The maximum atomic E-state index is 14.1.